The normalized spacial score (nSPS) is 16.8. The van der Waals surface area contributed by atoms with Gasteiger partial charge in [-0.25, -0.2) is 0 Å². The molecule has 0 unspecified atom stereocenters. The molecule has 9 heteroatoms. The monoisotopic (exact) mass is 494 g/mol. The molecule has 2 aromatic carbocycles. The highest BCUT2D eigenvalue weighted by atomic mass is 35.5. The van der Waals surface area contributed by atoms with E-state index in [1.165, 1.54) is 22.8 Å². The lowest BCUT2D eigenvalue weighted by molar-refractivity contribution is -0.114. The average molecular weight is 495 g/mol. The number of carbonyl (C=O) groups excluding carboxylic acids is 1. The van der Waals surface area contributed by atoms with E-state index in [2.05, 4.69) is 10.1 Å². The van der Waals surface area contributed by atoms with Crippen LogP contribution < -0.4 is 0 Å². The van der Waals surface area contributed by atoms with Crippen LogP contribution >= 0.6 is 35.0 Å². The molecule has 0 atom stereocenters. The standard InChI is InChI=1S/C24H16Cl2N4O2S/c1-13-2-5-15(11-19(13)26)20-9-8-17(32-20)12-18-22(27)30-24(28-23(18)31)33-21(29-30)10-14-3-6-16(25)7-4-14/h2-9,11-12,27H,10H2,1H3/b18-12-,27-22?. The fourth-order valence-electron chi connectivity index (χ4n) is 3.35. The summed E-state index contributed by atoms with van der Waals surface area (Å²) in [5, 5.41) is 16.8. The summed E-state index contributed by atoms with van der Waals surface area (Å²) < 4.78 is 5.88. The van der Waals surface area contributed by atoms with Crippen molar-refractivity contribution in [2.45, 2.75) is 13.3 Å². The second-order valence-electron chi connectivity index (χ2n) is 7.48. The number of aryl methyl sites for hydroxylation is 1. The molecule has 1 N–H and O–H groups in total. The molecule has 0 fully saturated rings. The van der Waals surface area contributed by atoms with E-state index in [1.54, 1.807) is 12.1 Å². The highest BCUT2D eigenvalue weighted by Crippen LogP contribution is 2.31. The van der Waals surface area contributed by atoms with Crippen molar-refractivity contribution < 1.29 is 9.21 Å². The van der Waals surface area contributed by atoms with Crippen LogP contribution in [0.15, 0.2) is 74.7 Å². The van der Waals surface area contributed by atoms with E-state index >= 15 is 0 Å². The number of benzene rings is 2. The number of aliphatic imine (C=N–C) groups is 1. The molecule has 0 radical (unpaired) electrons. The number of thioether (sulfide) groups is 1. The van der Waals surface area contributed by atoms with Crippen LogP contribution in [-0.2, 0) is 11.2 Å². The van der Waals surface area contributed by atoms with E-state index in [-0.39, 0.29) is 11.4 Å². The molecule has 1 aromatic heterocycles. The molecule has 2 aliphatic rings. The minimum absolute atomic E-state index is 0.0417. The fraction of sp³-hybridized carbons (Fsp3) is 0.0833. The molecular weight excluding hydrogens is 479 g/mol. The van der Waals surface area contributed by atoms with E-state index in [9.17, 15) is 4.79 Å². The Kier molecular flexibility index (Phi) is 5.70. The van der Waals surface area contributed by atoms with E-state index in [4.69, 9.17) is 33.0 Å². The van der Waals surface area contributed by atoms with Crippen LogP contribution in [0.2, 0.25) is 10.0 Å². The summed E-state index contributed by atoms with van der Waals surface area (Å²) in [7, 11) is 0. The summed E-state index contributed by atoms with van der Waals surface area (Å²) in [6, 6.07) is 16.7. The Morgan fingerprint density at radius 1 is 1.12 bits per heavy atom. The second kappa shape index (κ2) is 8.67. The number of amides is 1. The molecule has 3 heterocycles. The summed E-state index contributed by atoms with van der Waals surface area (Å²) in [4.78, 5) is 16.8. The lowest BCUT2D eigenvalue weighted by Gasteiger charge is -2.19. The zero-order valence-corrected chi connectivity index (χ0v) is 19.6. The lowest BCUT2D eigenvalue weighted by Crippen LogP contribution is -2.35. The number of hydrazone groups is 1. The van der Waals surface area contributed by atoms with Gasteiger partial charge in [-0.1, -0.05) is 47.5 Å². The third kappa shape index (κ3) is 4.39. The number of hydrogen-bond donors (Lipinski definition) is 1. The summed E-state index contributed by atoms with van der Waals surface area (Å²) in [5.41, 5.74) is 2.94. The van der Waals surface area contributed by atoms with Gasteiger partial charge in [0.25, 0.3) is 5.91 Å². The Bertz CT molecular complexity index is 1390. The number of amidine groups is 2. The van der Waals surface area contributed by atoms with Gasteiger partial charge in [-0.3, -0.25) is 10.2 Å². The molecule has 0 saturated heterocycles. The highest BCUT2D eigenvalue weighted by Gasteiger charge is 2.35. The number of carbonyl (C=O) groups is 1. The van der Waals surface area contributed by atoms with Gasteiger partial charge >= 0.3 is 0 Å². The van der Waals surface area contributed by atoms with Gasteiger partial charge in [0.15, 0.2) is 5.84 Å². The molecule has 2 aliphatic heterocycles. The zero-order valence-electron chi connectivity index (χ0n) is 17.3. The predicted octanol–water partition coefficient (Wildman–Crippen LogP) is 6.42. The van der Waals surface area contributed by atoms with E-state index < -0.39 is 5.91 Å². The SMILES string of the molecule is Cc1ccc(-c2ccc(/C=C3/C(=N)N4N=C(Cc5ccc(Cl)cc5)SC4=NC3=O)o2)cc1Cl. The average Bonchev–Trinajstić information content (AvgIpc) is 3.42. The van der Waals surface area contributed by atoms with Gasteiger partial charge < -0.3 is 4.42 Å². The van der Waals surface area contributed by atoms with Crippen molar-refractivity contribution in [2.75, 3.05) is 0 Å². The van der Waals surface area contributed by atoms with Crippen LogP contribution in [-0.4, -0.2) is 27.0 Å². The Labute approximate surface area is 204 Å². The largest absolute Gasteiger partial charge is 0.457 e. The topological polar surface area (TPSA) is 82.0 Å². The van der Waals surface area contributed by atoms with Crippen LogP contribution in [0, 0.1) is 12.3 Å². The number of rotatable bonds is 4. The highest BCUT2D eigenvalue weighted by molar-refractivity contribution is 8.26. The zero-order chi connectivity index (χ0) is 23.1. The van der Waals surface area contributed by atoms with Crippen molar-refractivity contribution in [3.8, 4) is 11.3 Å². The van der Waals surface area contributed by atoms with Crippen LogP contribution in [0.4, 0.5) is 0 Å². The van der Waals surface area contributed by atoms with Crippen LogP contribution in [0.3, 0.4) is 0 Å². The van der Waals surface area contributed by atoms with Crippen molar-refractivity contribution in [3.05, 3.63) is 87.1 Å². The molecule has 33 heavy (non-hydrogen) atoms. The summed E-state index contributed by atoms with van der Waals surface area (Å²) >= 11 is 13.4. The first-order chi connectivity index (χ1) is 15.9. The lowest BCUT2D eigenvalue weighted by atomic mass is 10.1. The minimum atomic E-state index is -0.502. The molecule has 0 spiro atoms. The first-order valence-corrected chi connectivity index (χ1v) is 11.5. The van der Waals surface area contributed by atoms with Crippen LogP contribution in [0.5, 0.6) is 0 Å². The van der Waals surface area contributed by atoms with Crippen molar-refractivity contribution in [3.63, 3.8) is 0 Å². The molecule has 6 nitrogen and oxygen atoms in total. The summed E-state index contributed by atoms with van der Waals surface area (Å²) in [5.74, 6) is 0.506. The van der Waals surface area contributed by atoms with Crippen molar-refractivity contribution in [1.29, 1.82) is 5.41 Å². The number of furan rings is 1. The number of fused-ring (bicyclic) bond motifs is 1. The third-order valence-electron chi connectivity index (χ3n) is 5.13. The van der Waals surface area contributed by atoms with Gasteiger partial charge in [-0.2, -0.15) is 15.1 Å². The number of hydrogen-bond acceptors (Lipinski definition) is 5. The second-order valence-corrected chi connectivity index (χ2v) is 9.37. The Balaban J connectivity index is 1.38. The van der Waals surface area contributed by atoms with Gasteiger partial charge in [-0.15, -0.1) is 0 Å². The quantitative estimate of drug-likeness (QED) is 0.424. The number of nitrogens with zero attached hydrogens (tertiary/aromatic N) is 3. The van der Waals surface area contributed by atoms with Gasteiger partial charge in [0.2, 0.25) is 5.17 Å². The van der Waals surface area contributed by atoms with Gasteiger partial charge in [0.1, 0.15) is 16.6 Å². The molecule has 164 valence electrons. The van der Waals surface area contributed by atoms with E-state index in [1.807, 2.05) is 49.4 Å². The Morgan fingerprint density at radius 2 is 1.91 bits per heavy atom. The number of halogens is 2. The van der Waals surface area contributed by atoms with Crippen molar-refractivity contribution in [2.24, 2.45) is 10.1 Å². The molecule has 3 aromatic rings. The molecule has 5 rings (SSSR count). The Hall–Kier alpha value is -3.13. The predicted molar refractivity (Wildman–Crippen MR) is 134 cm³/mol. The molecule has 0 bridgehead atoms. The van der Waals surface area contributed by atoms with Gasteiger partial charge in [0.05, 0.1) is 5.57 Å². The maximum atomic E-state index is 12.7. The van der Waals surface area contributed by atoms with E-state index in [0.717, 1.165) is 21.7 Å². The smallest absolute Gasteiger partial charge is 0.283 e. The molecular formula is C24H16Cl2N4O2S. The number of nitrogens with one attached hydrogen (secondary N) is 1. The van der Waals surface area contributed by atoms with Crippen molar-refractivity contribution in [1.82, 2.24) is 5.01 Å². The van der Waals surface area contributed by atoms with Gasteiger partial charge in [-0.05, 0) is 66.2 Å². The van der Waals surface area contributed by atoms with Crippen LogP contribution in [0.1, 0.15) is 16.9 Å². The summed E-state index contributed by atoms with van der Waals surface area (Å²) in [6.45, 7) is 1.93. The maximum Gasteiger partial charge on any atom is 0.283 e. The van der Waals surface area contributed by atoms with E-state index in [0.29, 0.717) is 33.2 Å². The molecule has 0 saturated carbocycles. The summed E-state index contributed by atoms with van der Waals surface area (Å²) in [6.07, 6.45) is 2.07. The van der Waals surface area contributed by atoms with Crippen molar-refractivity contribution >= 4 is 63.0 Å². The Morgan fingerprint density at radius 3 is 2.67 bits per heavy atom. The maximum absolute atomic E-state index is 12.7. The first-order valence-electron chi connectivity index (χ1n) is 9.97. The third-order valence-corrected chi connectivity index (χ3v) is 6.70. The van der Waals surface area contributed by atoms with Crippen LogP contribution in [0.25, 0.3) is 17.4 Å². The fourth-order valence-corrected chi connectivity index (χ4v) is 4.58. The first kappa shape index (κ1) is 21.7. The molecule has 1 amide bonds. The molecule has 0 aliphatic carbocycles. The van der Waals surface area contributed by atoms with Gasteiger partial charge in [0, 0.05) is 22.0 Å². The minimum Gasteiger partial charge on any atom is -0.457 e.